The lowest BCUT2D eigenvalue weighted by Gasteiger charge is -2.30. The second kappa shape index (κ2) is 10.1. The first kappa shape index (κ1) is 21.9. The number of nitrogens with zero attached hydrogens (tertiary/aromatic N) is 3. The highest BCUT2D eigenvalue weighted by Crippen LogP contribution is 2.39. The van der Waals surface area contributed by atoms with Crippen LogP contribution in [0.15, 0.2) is 9.98 Å². The van der Waals surface area contributed by atoms with Crippen molar-refractivity contribution in [3.63, 3.8) is 0 Å². The fraction of sp³-hybridized carbons (Fsp3) is 0.727. The molecular formula is C11H21N4O8P2+. The van der Waals surface area contributed by atoms with E-state index in [1.807, 2.05) is 0 Å². The Bertz CT molecular complexity index is 556. The van der Waals surface area contributed by atoms with Crippen LogP contribution in [-0.2, 0) is 22.9 Å². The van der Waals surface area contributed by atoms with Crippen molar-refractivity contribution < 1.29 is 37.6 Å². The predicted molar refractivity (Wildman–Crippen MR) is 89.0 cm³/mol. The van der Waals surface area contributed by atoms with Gasteiger partial charge in [0.05, 0.1) is 19.5 Å². The Hall–Kier alpha value is -1.10. The predicted octanol–water partition coefficient (Wildman–Crippen LogP) is 0.272. The van der Waals surface area contributed by atoms with Crippen LogP contribution in [-0.4, -0.2) is 76.6 Å². The fourth-order valence-electron chi connectivity index (χ4n) is 2.28. The van der Waals surface area contributed by atoms with E-state index in [4.69, 9.17) is 29.4 Å². The van der Waals surface area contributed by atoms with Gasteiger partial charge in [-0.1, -0.05) is 0 Å². The Morgan fingerprint density at radius 1 is 1.60 bits per heavy atom. The first-order chi connectivity index (χ1) is 11.7. The number of phosphoric acid groups is 1. The van der Waals surface area contributed by atoms with E-state index in [9.17, 15) is 9.13 Å². The van der Waals surface area contributed by atoms with Gasteiger partial charge in [-0.05, 0) is 13.6 Å². The number of aliphatic imine (C=N–C) groups is 2. The molecule has 0 radical (unpaired) electrons. The van der Waals surface area contributed by atoms with Crippen molar-refractivity contribution in [3.8, 4) is 0 Å². The molecule has 1 heterocycles. The number of rotatable bonds is 11. The van der Waals surface area contributed by atoms with Crippen molar-refractivity contribution >= 4 is 35.5 Å². The monoisotopic (exact) mass is 399 g/mol. The molecule has 1 fully saturated rings. The Labute approximate surface area is 145 Å². The van der Waals surface area contributed by atoms with E-state index in [0.717, 1.165) is 6.34 Å². The third-order valence-corrected chi connectivity index (χ3v) is 4.27. The van der Waals surface area contributed by atoms with Gasteiger partial charge < -0.3 is 19.4 Å². The normalized spacial score (nSPS) is 25.8. The number of hydrogen-bond acceptors (Lipinski definition) is 7. The highest BCUT2D eigenvalue weighted by Gasteiger charge is 2.44. The maximum atomic E-state index is 10.9. The smallest absolute Gasteiger partial charge is 0.350 e. The van der Waals surface area contributed by atoms with E-state index in [-0.39, 0.29) is 19.0 Å². The standard InChI is InChI=1S/C11H20N4O8P2/c1-8(4-14-7-13-2)15(6-12)11-3-9(23-24(16)17)10(22-11)5-21-25(18,19)20/h6-12H,2-5H2,1H3,(H2-,16,17,18,19,20)/p+1/t8?,9-,10+,11+/m0/s1. The Morgan fingerprint density at radius 2 is 2.28 bits per heavy atom. The average Bonchev–Trinajstić information content (AvgIpc) is 2.87. The minimum absolute atomic E-state index is 0.0972. The van der Waals surface area contributed by atoms with Crippen LogP contribution in [0.5, 0.6) is 0 Å². The second-order valence-electron chi connectivity index (χ2n) is 5.12. The molecule has 12 nitrogen and oxygen atoms in total. The molecule has 1 rings (SSSR count). The highest BCUT2D eigenvalue weighted by molar-refractivity contribution is 7.46. The van der Waals surface area contributed by atoms with Crippen molar-refractivity contribution in [1.82, 2.24) is 4.90 Å². The lowest BCUT2D eigenvalue weighted by atomic mass is 10.1. The van der Waals surface area contributed by atoms with Gasteiger partial charge in [0.15, 0.2) is 0 Å². The summed E-state index contributed by atoms with van der Waals surface area (Å²) in [4.78, 5) is 35.5. The summed E-state index contributed by atoms with van der Waals surface area (Å²) in [5.41, 5.74) is 0. The molecule has 2 unspecified atom stereocenters. The minimum Gasteiger partial charge on any atom is -0.350 e. The molecular weight excluding hydrogens is 378 g/mol. The van der Waals surface area contributed by atoms with Crippen LogP contribution in [0.4, 0.5) is 0 Å². The average molecular weight is 399 g/mol. The second-order valence-corrected chi connectivity index (χ2v) is 7.05. The minimum atomic E-state index is -4.73. The summed E-state index contributed by atoms with van der Waals surface area (Å²) in [5.74, 6) is 0. The van der Waals surface area contributed by atoms with Gasteiger partial charge in [0.2, 0.25) is 0 Å². The molecule has 0 saturated carbocycles. The van der Waals surface area contributed by atoms with Crippen LogP contribution in [0, 0.1) is 5.41 Å². The summed E-state index contributed by atoms with van der Waals surface area (Å²) in [7, 11) is -7.68. The summed E-state index contributed by atoms with van der Waals surface area (Å²) in [6.45, 7) is 4.79. The number of hydrogen-bond donors (Lipinski definition) is 4. The number of nitrogens with one attached hydrogen (secondary N) is 1. The van der Waals surface area contributed by atoms with E-state index in [1.54, 1.807) is 6.92 Å². The van der Waals surface area contributed by atoms with Gasteiger partial charge in [-0.2, -0.15) is 0 Å². The third-order valence-electron chi connectivity index (χ3n) is 3.34. The molecule has 5 atom stereocenters. The molecule has 4 N–H and O–H groups in total. The van der Waals surface area contributed by atoms with Gasteiger partial charge in [-0.25, -0.2) is 4.57 Å². The molecule has 1 aliphatic heterocycles. The summed E-state index contributed by atoms with van der Waals surface area (Å²) in [5, 5.41) is 7.54. The number of phosphoric ester groups is 1. The lowest BCUT2D eigenvalue weighted by molar-refractivity contribution is -0.0603. The molecule has 14 heteroatoms. The fourth-order valence-corrected chi connectivity index (χ4v) is 3.07. The summed E-state index contributed by atoms with van der Waals surface area (Å²) >= 11 is 0. The van der Waals surface area contributed by atoms with Crippen molar-refractivity contribution in [3.05, 3.63) is 0 Å². The van der Waals surface area contributed by atoms with Gasteiger partial charge in [-0.15, -0.1) is 9.42 Å². The van der Waals surface area contributed by atoms with Crippen LogP contribution in [0.2, 0.25) is 0 Å². The van der Waals surface area contributed by atoms with Gasteiger partial charge in [0.25, 0.3) is 0 Å². The summed E-state index contributed by atoms with van der Waals surface area (Å²) < 4.78 is 36.6. The van der Waals surface area contributed by atoms with Crippen molar-refractivity contribution in [2.24, 2.45) is 9.98 Å². The van der Waals surface area contributed by atoms with E-state index >= 15 is 0 Å². The SMILES string of the molecule is C=NC=NCC(C)N(C=N)[C@H]1C[C@H](O[P+](=O)O)[C@@H](COP(=O)(O)O)O1. The van der Waals surface area contributed by atoms with Crippen LogP contribution in [0.3, 0.4) is 0 Å². The van der Waals surface area contributed by atoms with Crippen molar-refractivity contribution in [1.29, 1.82) is 5.41 Å². The maximum Gasteiger partial charge on any atom is 0.695 e. The lowest BCUT2D eigenvalue weighted by Crippen LogP contribution is -2.42. The van der Waals surface area contributed by atoms with Gasteiger partial charge in [-0.3, -0.25) is 19.9 Å². The molecule has 0 aromatic carbocycles. The van der Waals surface area contributed by atoms with E-state index < -0.39 is 41.1 Å². The van der Waals surface area contributed by atoms with Crippen LogP contribution in [0.25, 0.3) is 0 Å². The van der Waals surface area contributed by atoms with Crippen LogP contribution < -0.4 is 0 Å². The zero-order chi connectivity index (χ0) is 19.0. The molecule has 25 heavy (non-hydrogen) atoms. The molecule has 0 aromatic heterocycles. The quantitative estimate of drug-likeness (QED) is 0.216. The molecule has 0 spiro atoms. The van der Waals surface area contributed by atoms with Crippen molar-refractivity contribution in [2.45, 2.75) is 37.8 Å². The first-order valence-corrected chi connectivity index (χ1v) is 9.74. The van der Waals surface area contributed by atoms with Gasteiger partial charge in [0, 0.05) is 17.0 Å². The molecule has 0 aromatic rings. The molecule has 0 bridgehead atoms. The topological polar surface area (TPSA) is 174 Å². The van der Waals surface area contributed by atoms with Gasteiger partial charge >= 0.3 is 16.1 Å². The summed E-state index contributed by atoms with van der Waals surface area (Å²) in [6, 6.07) is -0.273. The molecule has 1 aliphatic rings. The zero-order valence-corrected chi connectivity index (χ0v) is 15.2. The van der Waals surface area contributed by atoms with Crippen LogP contribution in [0.1, 0.15) is 13.3 Å². The van der Waals surface area contributed by atoms with E-state index in [2.05, 4.69) is 21.2 Å². The molecule has 0 aliphatic carbocycles. The Balaban J connectivity index is 2.80. The number of ether oxygens (including phenoxy) is 1. The van der Waals surface area contributed by atoms with E-state index in [1.165, 1.54) is 11.2 Å². The Morgan fingerprint density at radius 3 is 2.80 bits per heavy atom. The Kier molecular flexibility index (Phi) is 8.91. The summed E-state index contributed by atoms with van der Waals surface area (Å²) in [6.07, 6.45) is -0.249. The zero-order valence-electron chi connectivity index (χ0n) is 13.4. The van der Waals surface area contributed by atoms with Crippen molar-refractivity contribution in [2.75, 3.05) is 13.2 Å². The highest BCUT2D eigenvalue weighted by atomic mass is 31.2. The largest absolute Gasteiger partial charge is 0.695 e. The molecule has 142 valence electrons. The maximum absolute atomic E-state index is 10.9. The molecule has 0 amide bonds. The molecule has 1 saturated heterocycles. The third kappa shape index (κ3) is 7.76. The van der Waals surface area contributed by atoms with Crippen LogP contribution >= 0.6 is 16.1 Å². The first-order valence-electron chi connectivity index (χ1n) is 7.08. The van der Waals surface area contributed by atoms with E-state index in [0.29, 0.717) is 0 Å². The van der Waals surface area contributed by atoms with Gasteiger partial charge in [0.1, 0.15) is 24.8 Å².